The highest BCUT2D eigenvalue weighted by atomic mass is 16.3. The quantitative estimate of drug-likeness (QED) is 0.409. The van der Waals surface area contributed by atoms with E-state index in [4.69, 9.17) is 11.1 Å². The van der Waals surface area contributed by atoms with Crippen LogP contribution in [0.4, 0.5) is 17.5 Å². The molecule has 0 saturated carbocycles. The Morgan fingerprint density at radius 3 is 2.71 bits per heavy atom. The van der Waals surface area contributed by atoms with Crippen molar-refractivity contribution in [3.8, 4) is 11.8 Å². The van der Waals surface area contributed by atoms with Crippen molar-refractivity contribution in [1.29, 1.82) is 5.41 Å². The van der Waals surface area contributed by atoms with Gasteiger partial charge in [-0.2, -0.15) is 4.98 Å². The highest BCUT2D eigenvalue weighted by Crippen LogP contribution is 2.23. The lowest BCUT2D eigenvalue weighted by Gasteiger charge is -2.16. The fraction of sp³-hybridized carbons (Fsp3) is 0.200. The molecule has 1 atom stereocenters. The zero-order valence-corrected chi connectivity index (χ0v) is 15.9. The van der Waals surface area contributed by atoms with Gasteiger partial charge < -0.3 is 26.1 Å². The van der Waals surface area contributed by atoms with Crippen molar-refractivity contribution >= 4 is 23.2 Å². The Balaban J connectivity index is 1.96. The van der Waals surface area contributed by atoms with Crippen molar-refractivity contribution in [2.45, 2.75) is 19.4 Å². The topological polar surface area (TPSA) is 126 Å². The molecule has 0 aliphatic heterocycles. The zero-order valence-electron chi connectivity index (χ0n) is 15.9. The molecule has 8 heteroatoms. The lowest BCUT2D eigenvalue weighted by atomic mass is 10.0. The van der Waals surface area contributed by atoms with Crippen LogP contribution in [0.1, 0.15) is 30.8 Å². The van der Waals surface area contributed by atoms with Crippen molar-refractivity contribution in [2.75, 3.05) is 11.1 Å². The highest BCUT2D eigenvalue weighted by Gasteiger charge is 2.24. The maximum absolute atomic E-state index is 10.7. The maximum atomic E-state index is 10.7. The normalized spacial score (nSPS) is 12.6. The Morgan fingerprint density at radius 2 is 2.07 bits per heavy atom. The first kappa shape index (κ1) is 19.1. The number of hydrogen-bond donors (Lipinski definition) is 4. The fourth-order valence-corrected chi connectivity index (χ4v) is 2.72. The number of nitrogen functional groups attached to an aromatic ring is 1. The number of rotatable bonds is 4. The number of nitrogens with two attached hydrogens (primary N) is 1. The SMILES string of the molecule is CC(=N)c1ccc(C#CC(C)(O)c2nccn2C)cc1Nc1ccnc(N)n1. The molecule has 3 aromatic rings. The minimum Gasteiger partial charge on any atom is -0.371 e. The molecule has 2 heterocycles. The van der Waals surface area contributed by atoms with Gasteiger partial charge in [-0.1, -0.05) is 11.8 Å². The van der Waals surface area contributed by atoms with Crippen LogP contribution < -0.4 is 11.1 Å². The van der Waals surface area contributed by atoms with E-state index in [0.29, 0.717) is 34.2 Å². The molecule has 0 saturated heterocycles. The van der Waals surface area contributed by atoms with E-state index in [2.05, 4.69) is 32.1 Å². The van der Waals surface area contributed by atoms with E-state index in [1.54, 1.807) is 68.3 Å². The number of anilines is 3. The van der Waals surface area contributed by atoms with E-state index < -0.39 is 5.60 Å². The third-order valence-electron chi connectivity index (χ3n) is 4.07. The second kappa shape index (κ2) is 7.50. The maximum Gasteiger partial charge on any atom is 0.221 e. The largest absolute Gasteiger partial charge is 0.371 e. The summed E-state index contributed by atoms with van der Waals surface area (Å²) in [5.41, 5.74) is 6.66. The monoisotopic (exact) mass is 375 g/mol. The van der Waals surface area contributed by atoms with Gasteiger partial charge >= 0.3 is 0 Å². The first-order valence-electron chi connectivity index (χ1n) is 8.55. The minimum absolute atomic E-state index is 0.153. The first-order valence-corrected chi connectivity index (χ1v) is 8.55. The standard InChI is InChI=1S/C20H21N7O/c1-13(21)15-5-4-14(6-8-20(2,28)18-23-10-11-27(18)3)12-16(15)25-17-7-9-24-19(22)26-17/h4-5,7,9-12,21,28H,1-3H3,(H3,22,24,25,26). The predicted molar refractivity (Wildman–Crippen MR) is 108 cm³/mol. The first-order chi connectivity index (χ1) is 13.3. The van der Waals surface area contributed by atoms with Crippen LogP contribution in [0.25, 0.3) is 0 Å². The molecule has 5 N–H and O–H groups in total. The molecule has 0 bridgehead atoms. The van der Waals surface area contributed by atoms with Crippen molar-refractivity contribution in [3.63, 3.8) is 0 Å². The third-order valence-corrected chi connectivity index (χ3v) is 4.07. The van der Waals surface area contributed by atoms with E-state index in [9.17, 15) is 5.11 Å². The van der Waals surface area contributed by atoms with E-state index in [-0.39, 0.29) is 5.95 Å². The number of hydrogen-bond acceptors (Lipinski definition) is 7. The molecule has 0 amide bonds. The summed E-state index contributed by atoms with van der Waals surface area (Å²) in [6, 6.07) is 7.08. The molecule has 0 radical (unpaired) electrons. The smallest absolute Gasteiger partial charge is 0.221 e. The highest BCUT2D eigenvalue weighted by molar-refractivity contribution is 6.02. The Hall–Kier alpha value is -3.70. The molecule has 8 nitrogen and oxygen atoms in total. The van der Waals surface area contributed by atoms with Crippen LogP contribution in [-0.4, -0.2) is 30.3 Å². The molecule has 0 aliphatic rings. The van der Waals surface area contributed by atoms with Gasteiger partial charge in [0.25, 0.3) is 0 Å². The lowest BCUT2D eigenvalue weighted by Crippen LogP contribution is -2.23. The van der Waals surface area contributed by atoms with Gasteiger partial charge in [-0.3, -0.25) is 0 Å². The van der Waals surface area contributed by atoms with Crippen LogP contribution in [0.5, 0.6) is 0 Å². The van der Waals surface area contributed by atoms with Gasteiger partial charge in [-0.25, -0.2) is 9.97 Å². The number of aromatic nitrogens is 4. The third kappa shape index (κ3) is 4.16. The van der Waals surface area contributed by atoms with Gasteiger partial charge in [-0.15, -0.1) is 0 Å². The molecular formula is C20H21N7O. The molecular weight excluding hydrogens is 354 g/mol. The molecule has 0 fully saturated rings. The van der Waals surface area contributed by atoms with Crippen LogP contribution in [0.3, 0.4) is 0 Å². The minimum atomic E-state index is -1.40. The van der Waals surface area contributed by atoms with E-state index in [1.807, 2.05) is 0 Å². The average Bonchev–Trinajstić information content (AvgIpc) is 3.07. The van der Waals surface area contributed by atoms with Crippen LogP contribution in [0.2, 0.25) is 0 Å². The predicted octanol–water partition coefficient (Wildman–Crippen LogP) is 2.18. The molecule has 2 aromatic heterocycles. The van der Waals surface area contributed by atoms with Gasteiger partial charge in [0.05, 0.1) is 0 Å². The number of nitrogens with zero attached hydrogens (tertiary/aromatic N) is 4. The summed E-state index contributed by atoms with van der Waals surface area (Å²) in [7, 11) is 1.80. The summed E-state index contributed by atoms with van der Waals surface area (Å²) in [6.07, 6.45) is 4.92. The molecule has 1 unspecified atom stereocenters. The summed E-state index contributed by atoms with van der Waals surface area (Å²) in [5, 5.41) is 21.8. The van der Waals surface area contributed by atoms with Crippen LogP contribution in [-0.2, 0) is 12.6 Å². The van der Waals surface area contributed by atoms with Gasteiger partial charge in [0, 0.05) is 48.2 Å². The molecule has 0 aliphatic carbocycles. The van der Waals surface area contributed by atoms with E-state index in [0.717, 1.165) is 0 Å². The molecule has 28 heavy (non-hydrogen) atoms. The van der Waals surface area contributed by atoms with Gasteiger partial charge in [0.15, 0.2) is 11.4 Å². The Labute approximate surface area is 163 Å². The lowest BCUT2D eigenvalue weighted by molar-refractivity contribution is 0.109. The average molecular weight is 375 g/mol. The van der Waals surface area contributed by atoms with Crippen LogP contribution >= 0.6 is 0 Å². The Kier molecular flexibility index (Phi) is 5.11. The number of aliphatic hydroxyl groups is 1. The number of nitrogens with one attached hydrogen (secondary N) is 2. The van der Waals surface area contributed by atoms with E-state index >= 15 is 0 Å². The van der Waals surface area contributed by atoms with Crippen LogP contribution in [0, 0.1) is 17.3 Å². The molecule has 0 spiro atoms. The number of benzene rings is 1. The zero-order chi connectivity index (χ0) is 20.3. The summed E-state index contributed by atoms with van der Waals surface area (Å²) in [5.74, 6) is 6.97. The molecule has 3 rings (SSSR count). The number of imidazole rings is 1. The van der Waals surface area contributed by atoms with E-state index in [1.165, 1.54) is 0 Å². The second-order valence-electron chi connectivity index (χ2n) is 6.49. The van der Waals surface area contributed by atoms with Crippen molar-refractivity contribution in [3.05, 3.63) is 59.8 Å². The van der Waals surface area contributed by atoms with Gasteiger partial charge in [0.2, 0.25) is 5.95 Å². The summed E-state index contributed by atoms with van der Waals surface area (Å²) < 4.78 is 1.72. The summed E-state index contributed by atoms with van der Waals surface area (Å²) in [4.78, 5) is 12.2. The van der Waals surface area contributed by atoms with Crippen LogP contribution in [0.15, 0.2) is 42.9 Å². The summed E-state index contributed by atoms with van der Waals surface area (Å²) in [6.45, 7) is 3.30. The van der Waals surface area contributed by atoms with Crippen molar-refractivity contribution < 1.29 is 5.11 Å². The second-order valence-corrected chi connectivity index (χ2v) is 6.49. The number of aryl methyl sites for hydroxylation is 1. The van der Waals surface area contributed by atoms with Gasteiger partial charge in [0.1, 0.15) is 5.82 Å². The molecule has 1 aromatic carbocycles. The summed E-state index contributed by atoms with van der Waals surface area (Å²) >= 11 is 0. The Bertz CT molecular complexity index is 1090. The fourth-order valence-electron chi connectivity index (χ4n) is 2.72. The van der Waals surface area contributed by atoms with Crippen molar-refractivity contribution in [1.82, 2.24) is 19.5 Å². The molecule has 142 valence electrons. The van der Waals surface area contributed by atoms with Gasteiger partial charge in [-0.05, 0) is 38.1 Å². The van der Waals surface area contributed by atoms with Crippen molar-refractivity contribution in [2.24, 2.45) is 7.05 Å². The Morgan fingerprint density at radius 1 is 1.29 bits per heavy atom.